The zero-order chi connectivity index (χ0) is 14.0. The molecular weight excluding hydrogens is 288 g/mol. The Morgan fingerprint density at radius 2 is 2.20 bits per heavy atom. The maximum atomic E-state index is 9.55. The van der Waals surface area contributed by atoms with Gasteiger partial charge in [0.15, 0.2) is 0 Å². The second-order valence-electron chi connectivity index (χ2n) is 5.81. The first-order chi connectivity index (χ1) is 9.67. The lowest BCUT2D eigenvalue weighted by atomic mass is 9.93. The summed E-state index contributed by atoms with van der Waals surface area (Å²) < 4.78 is 6.08. The first-order valence-corrected chi connectivity index (χ1v) is 9.37. The lowest BCUT2D eigenvalue weighted by molar-refractivity contribution is -0.0562. The Morgan fingerprint density at radius 1 is 1.40 bits per heavy atom. The fourth-order valence-electron chi connectivity index (χ4n) is 2.96. The molecule has 0 saturated carbocycles. The van der Waals surface area contributed by atoms with Gasteiger partial charge in [-0.1, -0.05) is 12.1 Å². The number of benzene rings is 1. The Morgan fingerprint density at radius 3 is 2.85 bits per heavy atom. The van der Waals surface area contributed by atoms with E-state index in [2.05, 4.69) is 12.1 Å². The standard InChI is InChI=1S/C16H22O2S2/c1-12(17)13-2-4-14(5-3-13)20-15-6-8-18-16(10-15)7-9-19-11-16/h2-5,12,15,17H,6-11H2,1H3. The molecule has 1 spiro atoms. The predicted molar refractivity (Wildman–Crippen MR) is 86.6 cm³/mol. The maximum Gasteiger partial charge on any atom is 0.0791 e. The third-order valence-electron chi connectivity index (χ3n) is 4.18. The SMILES string of the molecule is CC(O)c1ccc(SC2CCOC3(CCSC3)C2)cc1. The van der Waals surface area contributed by atoms with Crippen LogP contribution in [0.15, 0.2) is 29.2 Å². The van der Waals surface area contributed by atoms with E-state index in [-0.39, 0.29) is 11.7 Å². The third kappa shape index (κ3) is 3.35. The lowest BCUT2D eigenvalue weighted by Crippen LogP contribution is -2.40. The monoisotopic (exact) mass is 310 g/mol. The van der Waals surface area contributed by atoms with Gasteiger partial charge in [0, 0.05) is 22.5 Å². The van der Waals surface area contributed by atoms with Crippen molar-refractivity contribution in [2.45, 2.75) is 48.0 Å². The van der Waals surface area contributed by atoms with Crippen LogP contribution < -0.4 is 0 Å². The second-order valence-corrected chi connectivity index (χ2v) is 8.29. The minimum Gasteiger partial charge on any atom is -0.389 e. The van der Waals surface area contributed by atoms with E-state index in [9.17, 15) is 5.11 Å². The molecule has 0 bridgehead atoms. The number of thioether (sulfide) groups is 2. The Bertz CT molecular complexity index is 438. The van der Waals surface area contributed by atoms with Crippen molar-refractivity contribution < 1.29 is 9.84 Å². The highest BCUT2D eigenvalue weighted by molar-refractivity contribution is 8.00. The predicted octanol–water partition coefficient (Wildman–Crippen LogP) is 3.89. The Balaban J connectivity index is 1.62. The number of aliphatic hydroxyl groups excluding tert-OH is 1. The largest absolute Gasteiger partial charge is 0.389 e. The van der Waals surface area contributed by atoms with E-state index < -0.39 is 0 Å². The van der Waals surface area contributed by atoms with E-state index in [0.29, 0.717) is 5.25 Å². The number of aliphatic hydroxyl groups is 1. The molecule has 3 rings (SSSR count). The van der Waals surface area contributed by atoms with Crippen molar-refractivity contribution in [1.29, 1.82) is 0 Å². The number of hydrogen-bond donors (Lipinski definition) is 1. The van der Waals surface area contributed by atoms with E-state index in [4.69, 9.17) is 4.74 Å². The zero-order valence-electron chi connectivity index (χ0n) is 11.9. The molecule has 2 aliphatic heterocycles. The highest BCUT2D eigenvalue weighted by atomic mass is 32.2. The van der Waals surface area contributed by atoms with Crippen molar-refractivity contribution in [3.63, 3.8) is 0 Å². The van der Waals surface area contributed by atoms with Crippen molar-refractivity contribution in [1.82, 2.24) is 0 Å². The van der Waals surface area contributed by atoms with Gasteiger partial charge in [-0.2, -0.15) is 11.8 Å². The minimum absolute atomic E-state index is 0.167. The molecule has 0 aromatic heterocycles. The van der Waals surface area contributed by atoms with E-state index in [0.717, 1.165) is 18.6 Å². The molecule has 3 atom stereocenters. The van der Waals surface area contributed by atoms with Crippen LogP contribution in [-0.2, 0) is 4.74 Å². The average molecular weight is 310 g/mol. The molecule has 20 heavy (non-hydrogen) atoms. The van der Waals surface area contributed by atoms with Gasteiger partial charge < -0.3 is 9.84 Å². The van der Waals surface area contributed by atoms with Crippen molar-refractivity contribution in [3.05, 3.63) is 29.8 Å². The summed E-state index contributed by atoms with van der Waals surface area (Å²) in [6.07, 6.45) is 3.17. The van der Waals surface area contributed by atoms with Crippen molar-refractivity contribution in [2.75, 3.05) is 18.1 Å². The summed E-state index contributed by atoms with van der Waals surface area (Å²) in [4.78, 5) is 1.31. The van der Waals surface area contributed by atoms with Gasteiger partial charge in [-0.05, 0) is 49.6 Å². The van der Waals surface area contributed by atoms with Gasteiger partial charge in [-0.15, -0.1) is 11.8 Å². The molecule has 2 nitrogen and oxygen atoms in total. The number of rotatable bonds is 3. The molecule has 1 aromatic rings. The molecule has 3 unspecified atom stereocenters. The summed E-state index contributed by atoms with van der Waals surface area (Å²) in [5.74, 6) is 2.42. The topological polar surface area (TPSA) is 29.5 Å². The highest BCUT2D eigenvalue weighted by Gasteiger charge is 2.40. The van der Waals surface area contributed by atoms with Gasteiger partial charge >= 0.3 is 0 Å². The van der Waals surface area contributed by atoms with Crippen LogP contribution in [0.25, 0.3) is 0 Å². The van der Waals surface area contributed by atoms with E-state index in [1.54, 1.807) is 0 Å². The minimum atomic E-state index is -0.379. The molecule has 2 saturated heterocycles. The van der Waals surface area contributed by atoms with Crippen LogP contribution >= 0.6 is 23.5 Å². The molecule has 4 heteroatoms. The van der Waals surface area contributed by atoms with Crippen LogP contribution in [0.1, 0.15) is 37.9 Å². The lowest BCUT2D eigenvalue weighted by Gasteiger charge is -2.37. The normalized spacial score (nSPS) is 31.6. The molecule has 1 aromatic carbocycles. The molecule has 0 radical (unpaired) electrons. The van der Waals surface area contributed by atoms with Gasteiger partial charge in [-0.25, -0.2) is 0 Å². The molecule has 0 aliphatic carbocycles. The molecule has 2 heterocycles. The van der Waals surface area contributed by atoms with Crippen molar-refractivity contribution in [2.24, 2.45) is 0 Å². The quantitative estimate of drug-likeness (QED) is 0.917. The Labute approximate surface area is 129 Å². The Kier molecular flexibility index (Phi) is 4.65. The summed E-state index contributed by atoms with van der Waals surface area (Å²) >= 11 is 4.01. The number of ether oxygens (including phenoxy) is 1. The summed E-state index contributed by atoms with van der Waals surface area (Å²) in [5.41, 5.74) is 1.16. The van der Waals surface area contributed by atoms with Gasteiger partial charge in [0.1, 0.15) is 0 Å². The first-order valence-electron chi connectivity index (χ1n) is 7.33. The molecular formula is C16H22O2S2. The van der Waals surface area contributed by atoms with Crippen LogP contribution in [0.2, 0.25) is 0 Å². The maximum absolute atomic E-state index is 9.55. The van der Waals surface area contributed by atoms with E-state index in [1.807, 2.05) is 42.6 Å². The summed E-state index contributed by atoms with van der Waals surface area (Å²) in [6, 6.07) is 8.34. The first kappa shape index (κ1) is 14.8. The second kappa shape index (κ2) is 6.30. The van der Waals surface area contributed by atoms with Crippen LogP contribution in [0.3, 0.4) is 0 Å². The van der Waals surface area contributed by atoms with Crippen molar-refractivity contribution >= 4 is 23.5 Å². The average Bonchev–Trinajstić information content (AvgIpc) is 2.87. The van der Waals surface area contributed by atoms with Crippen LogP contribution in [-0.4, -0.2) is 34.1 Å². The smallest absolute Gasteiger partial charge is 0.0791 e. The van der Waals surface area contributed by atoms with Gasteiger partial charge in [-0.3, -0.25) is 0 Å². The van der Waals surface area contributed by atoms with Crippen LogP contribution in [0, 0.1) is 0 Å². The third-order valence-corrected chi connectivity index (χ3v) is 6.68. The molecule has 2 fully saturated rings. The van der Waals surface area contributed by atoms with Crippen LogP contribution in [0.5, 0.6) is 0 Å². The molecule has 1 N–H and O–H groups in total. The van der Waals surface area contributed by atoms with Crippen LogP contribution in [0.4, 0.5) is 0 Å². The van der Waals surface area contributed by atoms with E-state index >= 15 is 0 Å². The van der Waals surface area contributed by atoms with Gasteiger partial charge in [0.25, 0.3) is 0 Å². The highest BCUT2D eigenvalue weighted by Crippen LogP contribution is 2.43. The molecule has 2 aliphatic rings. The summed E-state index contributed by atoms with van der Waals surface area (Å²) in [7, 11) is 0. The fourth-order valence-corrected chi connectivity index (χ4v) is 5.62. The Hall–Kier alpha value is -0.160. The number of hydrogen-bond acceptors (Lipinski definition) is 4. The fraction of sp³-hybridized carbons (Fsp3) is 0.625. The summed E-state index contributed by atoms with van der Waals surface area (Å²) in [5, 5.41) is 10.2. The van der Waals surface area contributed by atoms with Gasteiger partial charge in [0.05, 0.1) is 11.7 Å². The summed E-state index contributed by atoms with van der Waals surface area (Å²) in [6.45, 7) is 2.71. The molecule has 110 valence electrons. The van der Waals surface area contributed by atoms with E-state index in [1.165, 1.54) is 29.2 Å². The van der Waals surface area contributed by atoms with Crippen molar-refractivity contribution in [3.8, 4) is 0 Å². The zero-order valence-corrected chi connectivity index (χ0v) is 13.5. The van der Waals surface area contributed by atoms with Gasteiger partial charge in [0.2, 0.25) is 0 Å². The molecule has 0 amide bonds.